The molecule has 0 fully saturated rings. The summed E-state index contributed by atoms with van der Waals surface area (Å²) in [6.07, 6.45) is 5.85. The number of ether oxygens (including phenoxy) is 1. The lowest BCUT2D eigenvalue weighted by Gasteiger charge is -2.19. The van der Waals surface area contributed by atoms with Gasteiger partial charge in [-0.3, -0.25) is 14.5 Å². The fourth-order valence-corrected chi connectivity index (χ4v) is 3.48. The Bertz CT molecular complexity index is 1040. The molecule has 0 aliphatic rings. The van der Waals surface area contributed by atoms with E-state index < -0.39 is 5.60 Å². The van der Waals surface area contributed by atoms with Crippen LogP contribution in [-0.4, -0.2) is 36.3 Å². The number of hydrogen-bond acceptors (Lipinski definition) is 6. The summed E-state index contributed by atoms with van der Waals surface area (Å²) in [5, 5.41) is 5.47. The number of esters is 1. The molecule has 0 amide bonds. The third kappa shape index (κ3) is 4.54. The minimum atomic E-state index is -0.548. The largest absolute Gasteiger partial charge is 0.459 e. The highest BCUT2D eigenvalue weighted by atomic mass is 127. The van der Waals surface area contributed by atoms with Gasteiger partial charge in [0.2, 0.25) is 0 Å². The third-order valence-electron chi connectivity index (χ3n) is 3.87. The number of halogens is 1. The number of carbonyl (C=O) groups is 1. The first kappa shape index (κ1) is 20.4. The molecule has 0 spiro atoms. The van der Waals surface area contributed by atoms with Crippen molar-refractivity contribution >= 4 is 39.5 Å². The summed E-state index contributed by atoms with van der Waals surface area (Å²) >= 11 is 2.17. The van der Waals surface area contributed by atoms with Crippen LogP contribution in [-0.2, 0) is 22.5 Å². The normalized spacial score (nSPS) is 11.6. The van der Waals surface area contributed by atoms with E-state index in [4.69, 9.17) is 9.72 Å². The van der Waals surface area contributed by atoms with Crippen molar-refractivity contribution < 1.29 is 9.53 Å². The molecule has 3 aromatic heterocycles. The van der Waals surface area contributed by atoms with E-state index in [9.17, 15) is 4.79 Å². The molecule has 8 heteroatoms. The van der Waals surface area contributed by atoms with Crippen LogP contribution in [0.4, 0.5) is 0 Å². The van der Waals surface area contributed by atoms with Gasteiger partial charge in [-0.05, 0) is 56.4 Å². The third-order valence-corrected chi connectivity index (χ3v) is 4.66. The number of fused-ring (bicyclic) bond motifs is 1. The zero-order valence-electron chi connectivity index (χ0n) is 16.4. The van der Waals surface area contributed by atoms with Crippen molar-refractivity contribution in [2.75, 3.05) is 0 Å². The van der Waals surface area contributed by atoms with Crippen molar-refractivity contribution in [3.63, 3.8) is 0 Å². The standard InChI is InChI=1S/C20H22IN5O2/c1-6-7-15-18-14(8-16(24-15)13-9-22-12(2)23-10-13)19(21)25-26(18)11-17(27)28-20(3,4)5/h6,8-10H,1,7,11H2,2-5H3. The molecule has 28 heavy (non-hydrogen) atoms. The number of aryl methyl sites for hydroxylation is 1. The fourth-order valence-electron chi connectivity index (χ4n) is 2.81. The van der Waals surface area contributed by atoms with Gasteiger partial charge in [-0.1, -0.05) is 6.08 Å². The second kappa shape index (κ2) is 7.94. The van der Waals surface area contributed by atoms with Gasteiger partial charge in [0.05, 0.1) is 16.9 Å². The number of nitrogens with zero attached hydrogens (tertiary/aromatic N) is 5. The quantitative estimate of drug-likeness (QED) is 0.306. The fraction of sp³-hybridized carbons (Fsp3) is 0.350. The molecule has 0 N–H and O–H groups in total. The van der Waals surface area contributed by atoms with E-state index in [1.165, 1.54) is 0 Å². The number of allylic oxidation sites excluding steroid dienone is 1. The Balaban J connectivity index is 2.09. The van der Waals surface area contributed by atoms with Gasteiger partial charge in [0.1, 0.15) is 21.7 Å². The first-order chi connectivity index (χ1) is 13.2. The number of pyridine rings is 1. The Morgan fingerprint density at radius 3 is 2.61 bits per heavy atom. The molecule has 3 heterocycles. The summed E-state index contributed by atoms with van der Waals surface area (Å²) in [6.45, 7) is 11.2. The van der Waals surface area contributed by atoms with Crippen molar-refractivity contribution in [2.45, 2.75) is 46.3 Å². The molecule has 3 rings (SSSR count). The van der Waals surface area contributed by atoms with Crippen LogP contribution in [0.5, 0.6) is 0 Å². The minimum absolute atomic E-state index is 0.0234. The zero-order chi connectivity index (χ0) is 20.5. The van der Waals surface area contributed by atoms with Gasteiger partial charge in [0, 0.05) is 29.8 Å². The monoisotopic (exact) mass is 491 g/mol. The van der Waals surface area contributed by atoms with Gasteiger partial charge in [-0.25, -0.2) is 9.97 Å². The maximum absolute atomic E-state index is 12.3. The first-order valence-corrected chi connectivity index (χ1v) is 9.93. The topological polar surface area (TPSA) is 82.8 Å². The van der Waals surface area contributed by atoms with Crippen LogP contribution < -0.4 is 0 Å². The van der Waals surface area contributed by atoms with Crippen molar-refractivity contribution in [3.8, 4) is 11.3 Å². The number of rotatable bonds is 5. The molecular formula is C20H22IN5O2. The summed E-state index contributed by atoms with van der Waals surface area (Å²) in [4.78, 5) is 25.6. The SMILES string of the molecule is C=CCc1nc(-c2cnc(C)nc2)cc2c(I)nn(CC(=O)OC(C)(C)C)c12. The van der Waals surface area contributed by atoms with Crippen LogP contribution in [0.2, 0.25) is 0 Å². The van der Waals surface area contributed by atoms with E-state index in [2.05, 4.69) is 44.2 Å². The summed E-state index contributed by atoms with van der Waals surface area (Å²) in [7, 11) is 0. The molecule has 146 valence electrons. The van der Waals surface area contributed by atoms with E-state index >= 15 is 0 Å². The zero-order valence-corrected chi connectivity index (χ0v) is 18.5. The van der Waals surface area contributed by atoms with E-state index in [1.807, 2.05) is 33.8 Å². The van der Waals surface area contributed by atoms with E-state index in [0.717, 1.165) is 31.6 Å². The molecule has 0 saturated heterocycles. The first-order valence-electron chi connectivity index (χ1n) is 8.85. The average Bonchev–Trinajstić information content (AvgIpc) is 2.90. The second-order valence-corrected chi connectivity index (χ2v) is 8.42. The molecular weight excluding hydrogens is 469 g/mol. The molecule has 7 nitrogen and oxygen atoms in total. The highest BCUT2D eigenvalue weighted by Crippen LogP contribution is 2.28. The lowest BCUT2D eigenvalue weighted by molar-refractivity contribution is -0.155. The molecule has 3 aromatic rings. The van der Waals surface area contributed by atoms with E-state index in [1.54, 1.807) is 23.2 Å². The van der Waals surface area contributed by atoms with Gasteiger partial charge in [-0.15, -0.1) is 6.58 Å². The lowest BCUT2D eigenvalue weighted by Crippen LogP contribution is -2.27. The van der Waals surface area contributed by atoms with Crippen LogP contribution >= 0.6 is 22.6 Å². The van der Waals surface area contributed by atoms with E-state index in [0.29, 0.717) is 12.2 Å². The van der Waals surface area contributed by atoms with Gasteiger partial charge in [-0.2, -0.15) is 5.10 Å². The summed E-state index contributed by atoms with van der Waals surface area (Å²) in [5.74, 6) is 0.366. The lowest BCUT2D eigenvalue weighted by atomic mass is 10.1. The van der Waals surface area contributed by atoms with Crippen LogP contribution in [0.25, 0.3) is 22.2 Å². The molecule has 0 aromatic carbocycles. The molecule has 0 aliphatic heterocycles. The van der Waals surface area contributed by atoms with E-state index in [-0.39, 0.29) is 12.5 Å². The van der Waals surface area contributed by atoms with Crippen molar-refractivity contribution in [1.29, 1.82) is 0 Å². The van der Waals surface area contributed by atoms with Crippen molar-refractivity contribution in [1.82, 2.24) is 24.7 Å². The Labute approximate surface area is 177 Å². The van der Waals surface area contributed by atoms with Gasteiger partial charge < -0.3 is 4.74 Å². The Morgan fingerprint density at radius 2 is 2.00 bits per heavy atom. The predicted molar refractivity (Wildman–Crippen MR) is 116 cm³/mol. The molecule has 0 aliphatic carbocycles. The molecule has 0 saturated carbocycles. The Morgan fingerprint density at radius 1 is 1.32 bits per heavy atom. The molecule has 0 radical (unpaired) electrons. The van der Waals surface area contributed by atoms with Crippen LogP contribution in [0.3, 0.4) is 0 Å². The van der Waals surface area contributed by atoms with Crippen molar-refractivity contribution in [2.24, 2.45) is 0 Å². The summed E-state index contributed by atoms with van der Waals surface area (Å²) in [5.41, 5.74) is 2.65. The van der Waals surface area contributed by atoms with Crippen LogP contribution in [0.15, 0.2) is 31.1 Å². The van der Waals surface area contributed by atoms with Gasteiger partial charge >= 0.3 is 5.97 Å². The summed E-state index contributed by atoms with van der Waals surface area (Å²) < 4.78 is 7.89. The number of carbonyl (C=O) groups excluding carboxylic acids is 1. The number of hydrogen-bond donors (Lipinski definition) is 0. The van der Waals surface area contributed by atoms with Gasteiger partial charge in [0.25, 0.3) is 0 Å². The maximum Gasteiger partial charge on any atom is 0.328 e. The summed E-state index contributed by atoms with van der Waals surface area (Å²) in [6, 6.07) is 1.95. The Hall–Kier alpha value is -2.36. The van der Waals surface area contributed by atoms with Crippen LogP contribution in [0, 0.1) is 10.6 Å². The highest BCUT2D eigenvalue weighted by Gasteiger charge is 2.21. The molecule has 0 atom stereocenters. The van der Waals surface area contributed by atoms with Crippen molar-refractivity contribution in [3.05, 3.63) is 46.3 Å². The van der Waals surface area contributed by atoms with Gasteiger partial charge in [0.15, 0.2) is 0 Å². The maximum atomic E-state index is 12.3. The smallest absolute Gasteiger partial charge is 0.328 e. The predicted octanol–water partition coefficient (Wildman–Crippen LogP) is 3.87. The second-order valence-electron chi connectivity index (χ2n) is 7.40. The number of aromatic nitrogens is 5. The molecule has 0 unspecified atom stereocenters. The van der Waals surface area contributed by atoms with Crippen LogP contribution in [0.1, 0.15) is 32.3 Å². The Kier molecular flexibility index (Phi) is 5.78. The molecule has 0 bridgehead atoms. The minimum Gasteiger partial charge on any atom is -0.459 e. The average molecular weight is 491 g/mol. The highest BCUT2D eigenvalue weighted by molar-refractivity contribution is 14.1.